The van der Waals surface area contributed by atoms with Crippen LogP contribution in [0.1, 0.15) is 34.6 Å². The molecule has 31 heavy (non-hydrogen) atoms. The van der Waals surface area contributed by atoms with Gasteiger partial charge < -0.3 is 28.4 Å². The Morgan fingerprint density at radius 2 is 1.00 bits per heavy atom. The normalized spacial score (nSPS) is 14.1. The second kappa shape index (κ2) is 14.2. The summed E-state index contributed by atoms with van der Waals surface area (Å²) < 4.78 is 28.3. The van der Waals surface area contributed by atoms with Gasteiger partial charge in [-0.3, -0.25) is 4.79 Å². The number of halogens is 1. The Kier molecular flexibility index (Phi) is 12.9. The van der Waals surface area contributed by atoms with Crippen LogP contribution in [0.4, 0.5) is 0 Å². The second-order valence-electron chi connectivity index (χ2n) is 5.92. The van der Waals surface area contributed by atoms with Gasteiger partial charge in [-0.1, -0.05) is 0 Å². The first-order valence-electron chi connectivity index (χ1n) is 9.12. The van der Waals surface area contributed by atoms with E-state index in [1.807, 2.05) is 0 Å². The molecule has 0 aliphatic rings. The molecule has 0 aliphatic carbocycles. The lowest BCUT2D eigenvalue weighted by molar-refractivity contribution is -0.185. The Bertz CT molecular complexity index is 676. The van der Waals surface area contributed by atoms with Gasteiger partial charge in [0.2, 0.25) is 0 Å². The van der Waals surface area contributed by atoms with Gasteiger partial charge in [0.25, 0.3) is 0 Å². The van der Waals surface area contributed by atoms with Crippen LogP contribution >= 0.6 is 11.6 Å². The highest BCUT2D eigenvalue weighted by Gasteiger charge is 2.30. The molecule has 12 nitrogen and oxygen atoms in total. The minimum absolute atomic E-state index is 0.0977. The molecule has 0 N–H and O–H groups in total. The van der Waals surface area contributed by atoms with Crippen molar-refractivity contribution >= 4 is 47.4 Å². The lowest BCUT2D eigenvalue weighted by Crippen LogP contribution is -2.37. The third kappa shape index (κ3) is 11.2. The molecule has 0 heterocycles. The van der Waals surface area contributed by atoms with E-state index in [1.54, 1.807) is 6.92 Å². The van der Waals surface area contributed by atoms with Crippen molar-refractivity contribution in [2.24, 2.45) is 0 Å². The molecule has 0 radical (unpaired) electrons. The molecule has 0 fully saturated rings. The van der Waals surface area contributed by atoms with Crippen LogP contribution in [0.25, 0.3) is 0 Å². The van der Waals surface area contributed by atoms with Crippen molar-refractivity contribution in [2.75, 3.05) is 19.1 Å². The maximum atomic E-state index is 12.0. The Morgan fingerprint density at radius 3 is 1.39 bits per heavy atom. The molecule has 0 aromatic heterocycles. The summed E-state index contributed by atoms with van der Waals surface area (Å²) >= 11 is 5.19. The zero-order chi connectivity index (χ0) is 24.1. The van der Waals surface area contributed by atoms with Gasteiger partial charge in [0.05, 0.1) is 6.61 Å². The number of carbonyl (C=O) groups excluding carboxylic acids is 6. The van der Waals surface area contributed by atoms with E-state index < -0.39 is 72.7 Å². The van der Waals surface area contributed by atoms with Crippen molar-refractivity contribution in [3.05, 3.63) is 0 Å². The lowest BCUT2D eigenvalue weighted by atomic mass is 10.3. The van der Waals surface area contributed by atoms with Crippen LogP contribution < -0.4 is 0 Å². The third-order valence-corrected chi connectivity index (χ3v) is 3.48. The SMILES string of the molecule is CCOC(=O)[C@H](C)OC(=O)[C@H](C)OC(=O)[C@H](C)OC(=O)[C@H](C)OC(=O)COC(=O)CCl. The van der Waals surface area contributed by atoms with E-state index in [-0.39, 0.29) is 6.61 Å². The van der Waals surface area contributed by atoms with Gasteiger partial charge in [-0.2, -0.15) is 0 Å². The van der Waals surface area contributed by atoms with Crippen LogP contribution in [0.3, 0.4) is 0 Å². The molecule has 0 saturated heterocycles. The van der Waals surface area contributed by atoms with Crippen LogP contribution in [0.5, 0.6) is 0 Å². The smallest absolute Gasteiger partial charge is 0.347 e. The number of hydrogen-bond acceptors (Lipinski definition) is 12. The summed E-state index contributed by atoms with van der Waals surface area (Å²) in [4.78, 5) is 69.6. The molecule has 0 bridgehead atoms. The lowest BCUT2D eigenvalue weighted by Gasteiger charge is -2.19. The number of alkyl halides is 1. The highest BCUT2D eigenvalue weighted by molar-refractivity contribution is 6.26. The average molecular weight is 469 g/mol. The second-order valence-corrected chi connectivity index (χ2v) is 6.18. The van der Waals surface area contributed by atoms with Crippen molar-refractivity contribution in [3.63, 3.8) is 0 Å². The van der Waals surface area contributed by atoms with Crippen molar-refractivity contribution in [1.29, 1.82) is 0 Å². The molecule has 0 amide bonds. The van der Waals surface area contributed by atoms with Gasteiger partial charge >= 0.3 is 35.8 Å². The van der Waals surface area contributed by atoms with Gasteiger partial charge in [-0.25, -0.2) is 24.0 Å². The summed E-state index contributed by atoms with van der Waals surface area (Å²) in [7, 11) is 0. The van der Waals surface area contributed by atoms with E-state index in [9.17, 15) is 28.8 Å². The highest BCUT2D eigenvalue weighted by Crippen LogP contribution is 2.06. The number of rotatable bonds is 12. The minimum atomic E-state index is -1.46. The van der Waals surface area contributed by atoms with Gasteiger partial charge in [0.1, 0.15) is 5.88 Å². The quantitative estimate of drug-likeness (QED) is 0.215. The van der Waals surface area contributed by atoms with Gasteiger partial charge in [-0.05, 0) is 34.6 Å². The number of esters is 6. The van der Waals surface area contributed by atoms with Gasteiger partial charge in [0.15, 0.2) is 31.0 Å². The first-order valence-corrected chi connectivity index (χ1v) is 9.65. The van der Waals surface area contributed by atoms with Crippen LogP contribution in [-0.2, 0) is 57.2 Å². The topological polar surface area (TPSA) is 158 Å². The van der Waals surface area contributed by atoms with Crippen molar-refractivity contribution < 1.29 is 57.2 Å². The first kappa shape index (κ1) is 28.1. The van der Waals surface area contributed by atoms with Gasteiger partial charge in [-0.15, -0.1) is 11.6 Å². The zero-order valence-corrected chi connectivity index (χ0v) is 18.5. The fraction of sp³-hybridized carbons (Fsp3) is 0.667. The first-order chi connectivity index (χ1) is 14.4. The number of hydrogen-bond donors (Lipinski definition) is 0. The van der Waals surface area contributed by atoms with Crippen molar-refractivity contribution in [3.8, 4) is 0 Å². The molecule has 4 atom stereocenters. The van der Waals surface area contributed by atoms with Crippen LogP contribution in [-0.4, -0.2) is 79.3 Å². The standard InChI is InChI=1S/C18H25ClO12/c1-6-26-15(22)9(2)29-17(24)11(4)31-18(25)12(5)30-16(23)10(3)28-14(21)8-27-13(20)7-19/h9-12H,6-8H2,1-5H3/t9-,10-,11-,12-/m0/s1. The third-order valence-electron chi connectivity index (χ3n) is 3.26. The van der Waals surface area contributed by atoms with E-state index >= 15 is 0 Å². The summed E-state index contributed by atoms with van der Waals surface area (Å²) in [5, 5.41) is 0. The molecule has 0 spiro atoms. The summed E-state index contributed by atoms with van der Waals surface area (Å²) in [6, 6.07) is 0. The molecular formula is C18H25ClO12. The Labute approximate surface area is 183 Å². The predicted molar refractivity (Wildman–Crippen MR) is 101 cm³/mol. The zero-order valence-electron chi connectivity index (χ0n) is 17.7. The molecular weight excluding hydrogens is 444 g/mol. The molecule has 176 valence electrons. The summed E-state index contributed by atoms with van der Waals surface area (Å²) in [5.41, 5.74) is 0. The fourth-order valence-corrected chi connectivity index (χ4v) is 1.75. The van der Waals surface area contributed by atoms with Crippen LogP contribution in [0.15, 0.2) is 0 Å². The number of carbonyl (C=O) groups is 6. The summed E-state index contributed by atoms with van der Waals surface area (Å²) in [6.45, 7) is 5.73. The largest absolute Gasteiger partial charge is 0.463 e. The molecule has 0 aromatic carbocycles. The highest BCUT2D eigenvalue weighted by atomic mass is 35.5. The Morgan fingerprint density at radius 1 is 0.613 bits per heavy atom. The monoisotopic (exact) mass is 468 g/mol. The maximum Gasteiger partial charge on any atom is 0.347 e. The van der Waals surface area contributed by atoms with E-state index in [4.69, 9.17) is 25.8 Å². The molecule has 0 saturated carbocycles. The molecule has 0 aromatic rings. The Hall–Kier alpha value is -2.89. The van der Waals surface area contributed by atoms with Crippen molar-refractivity contribution in [2.45, 2.75) is 59.0 Å². The minimum Gasteiger partial charge on any atom is -0.463 e. The molecule has 0 rings (SSSR count). The van der Waals surface area contributed by atoms with Crippen LogP contribution in [0, 0.1) is 0 Å². The average Bonchev–Trinajstić information content (AvgIpc) is 2.71. The van der Waals surface area contributed by atoms with E-state index in [0.29, 0.717) is 0 Å². The van der Waals surface area contributed by atoms with Crippen LogP contribution in [0.2, 0.25) is 0 Å². The molecule has 0 unspecified atom stereocenters. The van der Waals surface area contributed by atoms with Crippen molar-refractivity contribution in [1.82, 2.24) is 0 Å². The van der Waals surface area contributed by atoms with E-state index in [0.717, 1.165) is 6.92 Å². The summed E-state index contributed by atoms with van der Waals surface area (Å²) in [5.74, 6) is -6.31. The van der Waals surface area contributed by atoms with E-state index in [2.05, 4.69) is 14.2 Å². The maximum absolute atomic E-state index is 12.0. The summed E-state index contributed by atoms with van der Waals surface area (Å²) in [6.07, 6.45) is -5.49. The molecule has 0 aliphatic heterocycles. The van der Waals surface area contributed by atoms with Gasteiger partial charge in [0, 0.05) is 0 Å². The fourth-order valence-electron chi connectivity index (χ4n) is 1.67. The van der Waals surface area contributed by atoms with E-state index in [1.165, 1.54) is 20.8 Å². The Balaban J connectivity index is 4.52. The predicted octanol–water partition coefficient (Wildman–Crippen LogP) is 0.0583. The molecule has 13 heteroatoms. The number of ether oxygens (including phenoxy) is 6.